The third-order valence-electron chi connectivity index (χ3n) is 2.87. The third kappa shape index (κ3) is 2.88. The van der Waals surface area contributed by atoms with E-state index in [1.807, 2.05) is 18.2 Å². The summed E-state index contributed by atoms with van der Waals surface area (Å²) in [5, 5.41) is 1.55. The molecule has 0 aliphatic heterocycles. The Morgan fingerprint density at radius 2 is 2.20 bits per heavy atom. The summed E-state index contributed by atoms with van der Waals surface area (Å²) in [6.45, 7) is 0.849. The van der Waals surface area contributed by atoms with Gasteiger partial charge in [-0.3, -0.25) is 0 Å². The Balaban J connectivity index is 1.99. The van der Waals surface area contributed by atoms with Crippen LogP contribution >= 0.6 is 27.5 Å². The van der Waals surface area contributed by atoms with E-state index in [9.17, 15) is 0 Å². The molecule has 1 saturated carbocycles. The van der Waals surface area contributed by atoms with Crippen molar-refractivity contribution >= 4 is 27.5 Å². The number of alkyl halides is 1. The van der Waals surface area contributed by atoms with Crippen LogP contribution in [0.15, 0.2) is 18.2 Å². The zero-order chi connectivity index (χ0) is 10.7. The van der Waals surface area contributed by atoms with Gasteiger partial charge in [0.15, 0.2) is 0 Å². The number of benzene rings is 1. The average molecular weight is 290 g/mol. The molecule has 1 nitrogen and oxygen atoms in total. The highest BCUT2D eigenvalue weighted by Crippen LogP contribution is 2.29. The van der Waals surface area contributed by atoms with Crippen molar-refractivity contribution in [2.45, 2.75) is 24.6 Å². The van der Waals surface area contributed by atoms with Crippen LogP contribution in [0.5, 0.6) is 5.75 Å². The molecule has 0 aromatic heterocycles. The largest absolute Gasteiger partial charge is 0.493 e. The minimum atomic E-state index is 0.764. The summed E-state index contributed by atoms with van der Waals surface area (Å²) in [5.41, 5.74) is 1.13. The predicted octanol–water partition coefficient (Wildman–Crippen LogP) is 4.41. The molecule has 1 aliphatic rings. The van der Waals surface area contributed by atoms with Crippen LogP contribution in [0.25, 0.3) is 0 Å². The van der Waals surface area contributed by atoms with Crippen molar-refractivity contribution in [3.8, 4) is 5.75 Å². The molecule has 1 aromatic rings. The molecular formula is C12H14BrClO. The molecule has 0 heterocycles. The predicted molar refractivity (Wildman–Crippen MR) is 66.9 cm³/mol. The molecule has 82 valence electrons. The van der Waals surface area contributed by atoms with Crippen molar-refractivity contribution in [2.75, 3.05) is 6.61 Å². The number of hydrogen-bond acceptors (Lipinski definition) is 1. The molecule has 15 heavy (non-hydrogen) atoms. The van der Waals surface area contributed by atoms with Gasteiger partial charge in [0.2, 0.25) is 0 Å². The van der Waals surface area contributed by atoms with Crippen LogP contribution in [0.2, 0.25) is 5.02 Å². The Morgan fingerprint density at radius 1 is 1.40 bits per heavy atom. The maximum Gasteiger partial charge on any atom is 0.123 e. The van der Waals surface area contributed by atoms with Crippen molar-refractivity contribution in [1.29, 1.82) is 0 Å². The van der Waals surface area contributed by atoms with Gasteiger partial charge in [-0.15, -0.1) is 0 Å². The van der Waals surface area contributed by atoms with Gasteiger partial charge in [-0.2, -0.15) is 0 Å². The molecular weight excluding hydrogens is 275 g/mol. The first-order valence-electron chi connectivity index (χ1n) is 5.27. The van der Waals surface area contributed by atoms with Gasteiger partial charge in [0, 0.05) is 15.9 Å². The van der Waals surface area contributed by atoms with Gasteiger partial charge in [0.1, 0.15) is 5.75 Å². The van der Waals surface area contributed by atoms with Gasteiger partial charge in [-0.25, -0.2) is 0 Å². The molecule has 3 heteroatoms. The fourth-order valence-electron chi connectivity index (χ4n) is 1.66. The van der Waals surface area contributed by atoms with Crippen LogP contribution in [0.3, 0.4) is 0 Å². The zero-order valence-electron chi connectivity index (χ0n) is 8.51. The molecule has 1 aromatic carbocycles. The van der Waals surface area contributed by atoms with E-state index in [0.29, 0.717) is 0 Å². The summed E-state index contributed by atoms with van der Waals surface area (Å²) in [6.07, 6.45) is 3.99. The molecule has 0 spiro atoms. The Hall–Kier alpha value is -0.210. The Labute approximate surface area is 104 Å². The lowest BCUT2D eigenvalue weighted by Gasteiger charge is -2.25. The lowest BCUT2D eigenvalue weighted by molar-refractivity contribution is 0.180. The Morgan fingerprint density at radius 3 is 2.80 bits per heavy atom. The number of halogens is 2. The molecule has 2 rings (SSSR count). The molecule has 0 atom stereocenters. The summed E-state index contributed by atoms with van der Waals surface area (Å²) >= 11 is 9.36. The van der Waals surface area contributed by atoms with E-state index in [4.69, 9.17) is 16.3 Å². The highest BCUT2D eigenvalue weighted by Gasteiger charge is 2.18. The number of rotatable bonds is 4. The standard InChI is InChI=1S/C12H14BrClO/c13-7-10-6-11(14)4-5-12(10)15-8-9-2-1-3-9/h4-6,9H,1-3,7-8H2. The first kappa shape index (κ1) is 11.3. The van der Waals surface area contributed by atoms with Gasteiger partial charge >= 0.3 is 0 Å². The normalized spacial score (nSPS) is 16.1. The second kappa shape index (κ2) is 5.22. The van der Waals surface area contributed by atoms with E-state index in [-0.39, 0.29) is 0 Å². The smallest absolute Gasteiger partial charge is 0.123 e. The van der Waals surface area contributed by atoms with Gasteiger partial charge in [-0.05, 0) is 37.0 Å². The van der Waals surface area contributed by atoms with E-state index < -0.39 is 0 Å². The summed E-state index contributed by atoms with van der Waals surface area (Å²) in [7, 11) is 0. The van der Waals surface area contributed by atoms with Gasteiger partial charge in [-0.1, -0.05) is 34.0 Å². The summed E-state index contributed by atoms with van der Waals surface area (Å²) in [6, 6.07) is 5.79. The minimum Gasteiger partial charge on any atom is -0.493 e. The van der Waals surface area contributed by atoms with Crippen molar-refractivity contribution in [2.24, 2.45) is 5.92 Å². The second-order valence-electron chi connectivity index (χ2n) is 3.99. The van der Waals surface area contributed by atoms with Crippen LogP contribution in [0.1, 0.15) is 24.8 Å². The molecule has 0 N–H and O–H groups in total. The van der Waals surface area contributed by atoms with Crippen LogP contribution in [-0.2, 0) is 5.33 Å². The van der Waals surface area contributed by atoms with Crippen molar-refractivity contribution in [3.63, 3.8) is 0 Å². The average Bonchev–Trinajstić information content (AvgIpc) is 2.17. The molecule has 0 saturated heterocycles. The molecule has 0 radical (unpaired) electrons. The van der Waals surface area contributed by atoms with Crippen LogP contribution in [0.4, 0.5) is 0 Å². The van der Waals surface area contributed by atoms with Crippen molar-refractivity contribution < 1.29 is 4.74 Å². The second-order valence-corrected chi connectivity index (χ2v) is 4.99. The lowest BCUT2D eigenvalue weighted by Crippen LogP contribution is -2.19. The van der Waals surface area contributed by atoms with E-state index in [1.165, 1.54) is 19.3 Å². The quantitative estimate of drug-likeness (QED) is 0.746. The maximum atomic E-state index is 5.92. The van der Waals surface area contributed by atoms with Crippen molar-refractivity contribution in [1.82, 2.24) is 0 Å². The number of ether oxygens (including phenoxy) is 1. The van der Waals surface area contributed by atoms with E-state index in [0.717, 1.165) is 34.2 Å². The monoisotopic (exact) mass is 288 g/mol. The summed E-state index contributed by atoms with van der Waals surface area (Å²) in [4.78, 5) is 0. The molecule has 0 unspecified atom stereocenters. The van der Waals surface area contributed by atoms with Crippen LogP contribution in [-0.4, -0.2) is 6.61 Å². The van der Waals surface area contributed by atoms with E-state index >= 15 is 0 Å². The maximum absolute atomic E-state index is 5.92. The zero-order valence-corrected chi connectivity index (χ0v) is 10.9. The molecule has 1 fully saturated rings. The fourth-order valence-corrected chi connectivity index (χ4v) is 2.29. The Bertz CT molecular complexity index is 336. The van der Waals surface area contributed by atoms with Crippen molar-refractivity contribution in [3.05, 3.63) is 28.8 Å². The molecule has 0 bridgehead atoms. The highest BCUT2D eigenvalue weighted by molar-refractivity contribution is 9.08. The van der Waals surface area contributed by atoms with Crippen LogP contribution in [0, 0.1) is 5.92 Å². The first-order chi connectivity index (χ1) is 7.29. The highest BCUT2D eigenvalue weighted by atomic mass is 79.9. The topological polar surface area (TPSA) is 9.23 Å². The Kier molecular flexibility index (Phi) is 3.92. The van der Waals surface area contributed by atoms with Gasteiger partial charge < -0.3 is 4.74 Å². The van der Waals surface area contributed by atoms with Gasteiger partial charge in [0.25, 0.3) is 0 Å². The minimum absolute atomic E-state index is 0.764. The summed E-state index contributed by atoms with van der Waals surface area (Å²) in [5.74, 6) is 1.73. The number of hydrogen-bond donors (Lipinski definition) is 0. The first-order valence-corrected chi connectivity index (χ1v) is 6.76. The van der Waals surface area contributed by atoms with Gasteiger partial charge in [0.05, 0.1) is 6.61 Å². The lowest BCUT2D eigenvalue weighted by atomic mass is 9.86. The molecule has 1 aliphatic carbocycles. The van der Waals surface area contributed by atoms with Crippen LogP contribution < -0.4 is 4.74 Å². The van der Waals surface area contributed by atoms with E-state index in [2.05, 4.69) is 15.9 Å². The fraction of sp³-hybridized carbons (Fsp3) is 0.500. The summed E-state index contributed by atoms with van der Waals surface area (Å²) < 4.78 is 5.80. The van der Waals surface area contributed by atoms with E-state index in [1.54, 1.807) is 0 Å². The molecule has 0 amide bonds. The SMILES string of the molecule is Clc1ccc(OCC2CCC2)c(CBr)c1. The third-order valence-corrected chi connectivity index (χ3v) is 3.70.